The Morgan fingerprint density at radius 3 is 2.51 bits per heavy atom. The quantitative estimate of drug-likeness (QED) is 0.202. The molecule has 8 rings (SSSR count). The second kappa shape index (κ2) is 20.4. The van der Waals surface area contributed by atoms with Crippen molar-refractivity contribution in [1.82, 2.24) is 40.1 Å². The molecule has 6 bridgehead atoms. The molecule has 17 nitrogen and oxygen atoms in total. The van der Waals surface area contributed by atoms with Crippen LogP contribution in [0.25, 0.3) is 33.4 Å². The molecule has 0 radical (unpaired) electrons. The van der Waals surface area contributed by atoms with Gasteiger partial charge in [-0.25, -0.2) is 18.8 Å². The number of methoxy groups -OCH3 is 1. The van der Waals surface area contributed by atoms with Gasteiger partial charge in [-0.2, -0.15) is 0 Å². The van der Waals surface area contributed by atoms with Crippen LogP contribution in [-0.4, -0.2) is 151 Å². The molecule has 3 saturated heterocycles. The number of esters is 1. The first kappa shape index (κ1) is 50.4. The summed E-state index contributed by atoms with van der Waals surface area (Å²) >= 11 is 1.38. The Balaban J connectivity index is 1.21. The molecule has 5 atom stereocenters. The van der Waals surface area contributed by atoms with Gasteiger partial charge in [-0.15, -0.1) is 11.3 Å². The van der Waals surface area contributed by atoms with Gasteiger partial charge in [0.15, 0.2) is 9.84 Å². The normalized spacial score (nSPS) is 23.1. The van der Waals surface area contributed by atoms with Crippen LogP contribution in [0.3, 0.4) is 0 Å². The largest absolute Gasteiger partial charge is 0.464 e. The van der Waals surface area contributed by atoms with E-state index in [0.29, 0.717) is 42.9 Å². The van der Waals surface area contributed by atoms with E-state index < -0.39 is 68.2 Å². The van der Waals surface area contributed by atoms with Gasteiger partial charge in [0.2, 0.25) is 11.8 Å². The Kier molecular flexibility index (Phi) is 14.9. The molecule has 4 aromatic rings. The summed E-state index contributed by atoms with van der Waals surface area (Å²) in [5.41, 5.74) is 10.2. The fourth-order valence-corrected chi connectivity index (χ4v) is 13.2. The molecular weight excluding hydrogens is 919 g/mol. The van der Waals surface area contributed by atoms with Gasteiger partial charge < -0.3 is 34.1 Å². The number of carbonyl (C=O) groups is 4. The summed E-state index contributed by atoms with van der Waals surface area (Å²) in [6.07, 6.45) is 3.78. The number of nitrogens with zero attached hydrogens (tertiary/aromatic N) is 7. The molecule has 3 aromatic heterocycles. The van der Waals surface area contributed by atoms with Gasteiger partial charge in [-0.3, -0.25) is 29.2 Å². The molecular formula is C50H69N9O8S2. The van der Waals surface area contributed by atoms with E-state index in [-0.39, 0.29) is 37.9 Å². The fraction of sp³-hybridized carbons (Fsp3) is 0.600. The molecule has 0 saturated carbocycles. The number of hydrogen-bond donors (Lipinski definition) is 2. The maximum absolute atomic E-state index is 14.6. The van der Waals surface area contributed by atoms with Crippen molar-refractivity contribution < 1.29 is 37.1 Å². The van der Waals surface area contributed by atoms with Crippen molar-refractivity contribution in [3.63, 3.8) is 0 Å². The number of benzene rings is 1. The van der Waals surface area contributed by atoms with Crippen LogP contribution < -0.4 is 15.6 Å². The third kappa shape index (κ3) is 10.4. The van der Waals surface area contributed by atoms with Crippen molar-refractivity contribution >= 4 is 61.5 Å². The Bertz CT molecular complexity index is 2690. The number of piperazine rings is 1. The zero-order valence-corrected chi connectivity index (χ0v) is 43.2. The minimum atomic E-state index is -3.64. The number of anilines is 1. The average Bonchev–Trinajstić information content (AvgIpc) is 4.03. The van der Waals surface area contributed by atoms with Gasteiger partial charge in [0, 0.05) is 92.7 Å². The lowest BCUT2D eigenvalue weighted by atomic mass is 9.84. The zero-order valence-electron chi connectivity index (χ0n) is 41.5. The molecule has 0 aliphatic carbocycles. The number of aryl methyl sites for hydroxylation is 1. The predicted molar refractivity (Wildman–Crippen MR) is 267 cm³/mol. The maximum atomic E-state index is 14.6. The number of carbonyl (C=O) groups excluding carboxylic acids is 4. The number of rotatable bonds is 10. The molecule has 2 N–H and O–H groups in total. The van der Waals surface area contributed by atoms with E-state index in [0.717, 1.165) is 70.8 Å². The molecule has 7 heterocycles. The lowest BCUT2D eigenvalue weighted by Gasteiger charge is -2.36. The van der Waals surface area contributed by atoms with Crippen molar-refractivity contribution in [2.24, 2.45) is 11.3 Å². The summed E-state index contributed by atoms with van der Waals surface area (Å²) in [4.78, 5) is 72.9. The molecule has 3 amide bonds. The Labute approximate surface area is 410 Å². The number of sulfone groups is 1. The number of nitrogens with one attached hydrogen (secondary N) is 2. The summed E-state index contributed by atoms with van der Waals surface area (Å²) in [5.74, 6) is -2.67. The van der Waals surface area contributed by atoms with Gasteiger partial charge in [-0.1, -0.05) is 33.8 Å². The SMILES string of the molecule is CCn1c(-c2cc(N3CCN(C)CC3)cnc2[C@H](C)OC)c2c3cc(ccc31)-c1csc(n1)C[C@H](NC(=O)C(C(C)C)N(C)C(=O)[C@H]1CCCS1(=O)=O)C(=O)N1CCC[C@H](N1)C(=O)OCC(C)(C)C2. The number of thiazole rings is 1. The van der Waals surface area contributed by atoms with Gasteiger partial charge in [0.05, 0.1) is 52.4 Å². The molecule has 3 fully saturated rings. The minimum Gasteiger partial charge on any atom is -0.464 e. The summed E-state index contributed by atoms with van der Waals surface area (Å²) in [6, 6.07) is 5.61. The zero-order chi connectivity index (χ0) is 49.5. The number of aromatic nitrogens is 3. The molecule has 1 unspecified atom stereocenters. The summed E-state index contributed by atoms with van der Waals surface area (Å²) in [5, 5.41) is 6.72. The first-order valence-electron chi connectivity index (χ1n) is 24.4. The van der Waals surface area contributed by atoms with Crippen molar-refractivity contribution in [1.29, 1.82) is 0 Å². The highest BCUT2D eigenvalue weighted by atomic mass is 32.2. The van der Waals surface area contributed by atoms with Gasteiger partial charge in [0.1, 0.15) is 23.4 Å². The highest BCUT2D eigenvalue weighted by Crippen LogP contribution is 2.43. The predicted octanol–water partition coefficient (Wildman–Crippen LogP) is 5.01. The molecule has 1 aromatic carbocycles. The standard InChI is InChI=1S/C50H69N9O8S2/c1-10-58-40-16-15-32-23-34(40)36(45(58)35-24-33(27-51-43(35)31(4)66-9)57-20-18-55(7)19-21-57)26-50(5,6)29-67-49(63)37-13-11-17-59(54-37)47(61)38(25-42-52-39(32)28-68-42)53-46(60)44(30(2)3)56(8)48(62)41-14-12-22-69(41,64)65/h15-16,23-24,27-28,30-31,37-38,41,44,54H,10-14,17-22,25-26,29H2,1-9H3,(H,53,60)/t31-,37-,38-,41+,44?/m0/s1. The number of likely N-dealkylation sites (N-methyl/N-ethyl adjacent to an activating group) is 2. The maximum Gasteiger partial charge on any atom is 0.324 e. The van der Waals surface area contributed by atoms with Crippen LogP contribution in [0.1, 0.15) is 89.6 Å². The molecule has 4 aliphatic heterocycles. The van der Waals surface area contributed by atoms with Crippen LogP contribution in [0.4, 0.5) is 5.69 Å². The van der Waals surface area contributed by atoms with Crippen LogP contribution in [0.15, 0.2) is 35.8 Å². The van der Waals surface area contributed by atoms with E-state index >= 15 is 0 Å². The highest BCUT2D eigenvalue weighted by molar-refractivity contribution is 7.93. The van der Waals surface area contributed by atoms with E-state index in [1.165, 1.54) is 28.3 Å². The van der Waals surface area contributed by atoms with Crippen LogP contribution in [0.2, 0.25) is 0 Å². The fourth-order valence-electron chi connectivity index (χ4n) is 10.5. The molecule has 0 spiro atoms. The van der Waals surface area contributed by atoms with Gasteiger partial charge >= 0.3 is 5.97 Å². The monoisotopic (exact) mass is 987 g/mol. The lowest BCUT2D eigenvalue weighted by molar-refractivity contribution is -0.155. The molecule has 374 valence electrons. The summed E-state index contributed by atoms with van der Waals surface area (Å²) < 4.78 is 40.1. The number of amides is 3. The van der Waals surface area contributed by atoms with Crippen LogP contribution in [0.5, 0.6) is 0 Å². The average molecular weight is 988 g/mol. The number of hydrazine groups is 1. The van der Waals surface area contributed by atoms with E-state index in [1.54, 1.807) is 21.0 Å². The van der Waals surface area contributed by atoms with Crippen LogP contribution in [0, 0.1) is 11.3 Å². The first-order valence-corrected chi connectivity index (χ1v) is 27.0. The molecule has 19 heteroatoms. The Hall–Kier alpha value is -4.95. The van der Waals surface area contributed by atoms with Crippen molar-refractivity contribution in [2.75, 3.05) is 71.2 Å². The number of pyridine rings is 1. The van der Waals surface area contributed by atoms with E-state index in [2.05, 4.69) is 77.2 Å². The lowest BCUT2D eigenvalue weighted by Crippen LogP contribution is -2.62. The third-order valence-electron chi connectivity index (χ3n) is 14.4. The number of cyclic esters (lactones) is 1. The number of hydrogen-bond acceptors (Lipinski definition) is 14. The van der Waals surface area contributed by atoms with E-state index in [9.17, 15) is 27.6 Å². The first-order chi connectivity index (χ1) is 32.8. The van der Waals surface area contributed by atoms with E-state index in [1.807, 2.05) is 18.5 Å². The van der Waals surface area contributed by atoms with Gasteiger partial charge in [0.25, 0.3) is 5.91 Å². The summed E-state index contributed by atoms with van der Waals surface area (Å²) in [6.45, 7) is 16.7. The minimum absolute atomic E-state index is 0.0250. The Morgan fingerprint density at radius 2 is 1.83 bits per heavy atom. The van der Waals surface area contributed by atoms with Crippen molar-refractivity contribution in [3.8, 4) is 22.5 Å². The number of ether oxygens (including phenoxy) is 2. The molecule has 4 aliphatic rings. The second-order valence-electron chi connectivity index (χ2n) is 20.4. The van der Waals surface area contributed by atoms with Crippen molar-refractivity contribution in [3.05, 3.63) is 52.1 Å². The van der Waals surface area contributed by atoms with Crippen LogP contribution >= 0.6 is 11.3 Å². The smallest absolute Gasteiger partial charge is 0.324 e. The van der Waals surface area contributed by atoms with Crippen molar-refractivity contribution in [2.45, 2.75) is 116 Å². The summed E-state index contributed by atoms with van der Waals surface area (Å²) in [7, 11) is 1.66. The number of fused-ring (bicyclic) bond motifs is 6. The Morgan fingerprint density at radius 1 is 1.07 bits per heavy atom. The molecule has 69 heavy (non-hydrogen) atoms. The van der Waals surface area contributed by atoms with E-state index in [4.69, 9.17) is 19.4 Å². The topological polar surface area (TPSA) is 189 Å². The third-order valence-corrected chi connectivity index (χ3v) is 17.4. The van der Waals surface area contributed by atoms with Gasteiger partial charge in [-0.05, 0) is 82.7 Å². The van der Waals surface area contributed by atoms with Crippen LogP contribution in [-0.2, 0) is 57.9 Å². The highest BCUT2D eigenvalue weighted by Gasteiger charge is 2.43. The second-order valence-corrected chi connectivity index (χ2v) is 23.6.